The molecule has 1 saturated heterocycles. The second-order valence-corrected chi connectivity index (χ2v) is 6.63. The molecule has 1 fully saturated rings. The molecule has 1 amide bonds. The number of rotatable bonds is 4. The molecule has 2 aromatic rings. The normalized spacial score (nSPS) is 19.5. The third-order valence-corrected chi connectivity index (χ3v) is 4.92. The largest absolute Gasteiger partial charge is 0.490 e. The predicted octanol–water partition coefficient (Wildman–Crippen LogP) is 3.84. The zero-order valence-corrected chi connectivity index (χ0v) is 14.3. The van der Waals surface area contributed by atoms with E-state index in [4.69, 9.17) is 9.47 Å². The first-order valence-electron chi connectivity index (χ1n) is 9.06. The van der Waals surface area contributed by atoms with Gasteiger partial charge in [0.15, 0.2) is 0 Å². The molecule has 0 N–H and O–H groups in total. The van der Waals surface area contributed by atoms with E-state index in [1.165, 1.54) is 5.56 Å². The predicted molar refractivity (Wildman–Crippen MR) is 97.4 cm³/mol. The molecule has 0 saturated carbocycles. The van der Waals surface area contributed by atoms with E-state index in [1.54, 1.807) is 0 Å². The molecule has 4 heteroatoms. The van der Waals surface area contributed by atoms with Crippen molar-refractivity contribution in [2.24, 2.45) is 0 Å². The Labute approximate surface area is 148 Å². The minimum absolute atomic E-state index is 0.00934. The summed E-state index contributed by atoms with van der Waals surface area (Å²) in [6, 6.07) is 15.7. The summed E-state index contributed by atoms with van der Waals surface area (Å²) < 4.78 is 11.6. The van der Waals surface area contributed by atoms with Crippen molar-refractivity contribution in [3.8, 4) is 5.75 Å². The molecule has 2 aliphatic rings. The standard InChI is InChI=1S/C21H23NO3/c23-21(22-13-5-8-16-7-1-3-11-19(16)22)18-10-2-4-12-20(18)25-15-17-9-6-14-24-17/h1-4,7,10-12,17H,5-6,8-9,13-15H2/t17-/m1/s1. The number of hydrogen-bond acceptors (Lipinski definition) is 3. The number of para-hydroxylation sites is 2. The van der Waals surface area contributed by atoms with Crippen LogP contribution >= 0.6 is 0 Å². The second kappa shape index (κ2) is 7.28. The van der Waals surface area contributed by atoms with Crippen molar-refractivity contribution in [3.63, 3.8) is 0 Å². The van der Waals surface area contributed by atoms with E-state index in [1.807, 2.05) is 47.4 Å². The third-order valence-electron chi connectivity index (χ3n) is 4.92. The van der Waals surface area contributed by atoms with Gasteiger partial charge in [-0.05, 0) is 49.4 Å². The van der Waals surface area contributed by atoms with Gasteiger partial charge in [0.05, 0.1) is 11.7 Å². The number of carbonyl (C=O) groups excluding carboxylic acids is 1. The van der Waals surface area contributed by atoms with Gasteiger partial charge in [-0.1, -0.05) is 30.3 Å². The highest BCUT2D eigenvalue weighted by atomic mass is 16.5. The van der Waals surface area contributed by atoms with E-state index in [9.17, 15) is 4.79 Å². The van der Waals surface area contributed by atoms with Gasteiger partial charge in [0.2, 0.25) is 0 Å². The number of nitrogens with zero attached hydrogens (tertiary/aromatic N) is 1. The van der Waals surface area contributed by atoms with E-state index >= 15 is 0 Å². The lowest BCUT2D eigenvalue weighted by molar-refractivity contribution is 0.0672. The van der Waals surface area contributed by atoms with Crippen LogP contribution in [-0.4, -0.2) is 31.8 Å². The Hall–Kier alpha value is -2.33. The van der Waals surface area contributed by atoms with Gasteiger partial charge in [-0.25, -0.2) is 0 Å². The number of fused-ring (bicyclic) bond motifs is 1. The Morgan fingerprint density at radius 3 is 2.84 bits per heavy atom. The molecule has 0 spiro atoms. The molecule has 25 heavy (non-hydrogen) atoms. The maximum atomic E-state index is 13.2. The Bertz CT molecular complexity index is 752. The van der Waals surface area contributed by atoms with Crippen LogP contribution in [-0.2, 0) is 11.2 Å². The van der Waals surface area contributed by atoms with Gasteiger partial charge in [-0.15, -0.1) is 0 Å². The lowest BCUT2D eigenvalue weighted by Crippen LogP contribution is -2.35. The number of carbonyl (C=O) groups is 1. The molecule has 0 bridgehead atoms. The third kappa shape index (κ3) is 3.40. The topological polar surface area (TPSA) is 38.8 Å². The maximum absolute atomic E-state index is 13.2. The molecule has 4 nitrogen and oxygen atoms in total. The van der Waals surface area contributed by atoms with Crippen molar-refractivity contribution in [2.45, 2.75) is 31.8 Å². The van der Waals surface area contributed by atoms with E-state index in [0.717, 1.165) is 44.5 Å². The molecular weight excluding hydrogens is 314 g/mol. The van der Waals surface area contributed by atoms with Crippen molar-refractivity contribution < 1.29 is 14.3 Å². The smallest absolute Gasteiger partial charge is 0.262 e. The molecule has 4 rings (SSSR count). The number of ether oxygens (including phenoxy) is 2. The van der Waals surface area contributed by atoms with Crippen molar-refractivity contribution in [3.05, 3.63) is 59.7 Å². The first-order chi connectivity index (χ1) is 12.3. The van der Waals surface area contributed by atoms with Gasteiger partial charge >= 0.3 is 0 Å². The first-order valence-corrected chi connectivity index (χ1v) is 9.06. The average molecular weight is 337 g/mol. The number of benzene rings is 2. The molecule has 2 heterocycles. The monoisotopic (exact) mass is 337 g/mol. The van der Waals surface area contributed by atoms with Crippen LogP contribution < -0.4 is 9.64 Å². The maximum Gasteiger partial charge on any atom is 0.262 e. The number of hydrogen-bond donors (Lipinski definition) is 0. The minimum Gasteiger partial charge on any atom is -0.490 e. The SMILES string of the molecule is O=C(c1ccccc1OC[C@H]1CCCO1)N1CCCc2ccccc21. The van der Waals surface area contributed by atoms with Crippen LogP contribution in [0.4, 0.5) is 5.69 Å². The van der Waals surface area contributed by atoms with Gasteiger partial charge in [0, 0.05) is 18.8 Å². The van der Waals surface area contributed by atoms with E-state index in [2.05, 4.69) is 6.07 Å². The summed E-state index contributed by atoms with van der Waals surface area (Å²) in [6.45, 7) is 2.05. The van der Waals surface area contributed by atoms with Gasteiger partial charge in [-0.2, -0.15) is 0 Å². The quantitative estimate of drug-likeness (QED) is 0.851. The zero-order chi connectivity index (χ0) is 17.1. The van der Waals surface area contributed by atoms with Gasteiger partial charge < -0.3 is 14.4 Å². The van der Waals surface area contributed by atoms with Crippen LogP contribution in [0.1, 0.15) is 35.2 Å². The number of aryl methyl sites for hydroxylation is 1. The Morgan fingerprint density at radius 2 is 1.96 bits per heavy atom. The summed E-state index contributed by atoms with van der Waals surface area (Å²) >= 11 is 0. The molecule has 0 radical (unpaired) electrons. The summed E-state index contributed by atoms with van der Waals surface area (Å²) in [6.07, 6.45) is 4.26. The first kappa shape index (κ1) is 16.2. The number of amides is 1. The summed E-state index contributed by atoms with van der Waals surface area (Å²) in [5.74, 6) is 0.654. The molecule has 2 aliphatic heterocycles. The molecular formula is C21H23NO3. The summed E-state index contributed by atoms with van der Waals surface area (Å²) in [4.78, 5) is 15.1. The minimum atomic E-state index is 0.00934. The van der Waals surface area contributed by atoms with Crippen molar-refractivity contribution in [1.29, 1.82) is 0 Å². The van der Waals surface area contributed by atoms with Gasteiger partial charge in [0.1, 0.15) is 12.4 Å². The van der Waals surface area contributed by atoms with E-state index in [-0.39, 0.29) is 12.0 Å². The average Bonchev–Trinajstić information content (AvgIpc) is 3.19. The lowest BCUT2D eigenvalue weighted by Gasteiger charge is -2.30. The van der Waals surface area contributed by atoms with Crippen LogP contribution in [0, 0.1) is 0 Å². The summed E-state index contributed by atoms with van der Waals surface area (Å²) in [7, 11) is 0. The van der Waals surface area contributed by atoms with Crippen LogP contribution in [0.25, 0.3) is 0 Å². The molecule has 130 valence electrons. The number of anilines is 1. The molecule has 0 unspecified atom stereocenters. The van der Waals surface area contributed by atoms with Crippen molar-refractivity contribution >= 4 is 11.6 Å². The van der Waals surface area contributed by atoms with Crippen LogP contribution in [0.3, 0.4) is 0 Å². The zero-order valence-electron chi connectivity index (χ0n) is 14.3. The van der Waals surface area contributed by atoms with Crippen molar-refractivity contribution in [2.75, 3.05) is 24.7 Å². The van der Waals surface area contributed by atoms with Gasteiger partial charge in [-0.3, -0.25) is 4.79 Å². The molecule has 0 aromatic heterocycles. The highest BCUT2D eigenvalue weighted by Gasteiger charge is 2.26. The Balaban J connectivity index is 1.56. The molecule has 2 aromatic carbocycles. The highest BCUT2D eigenvalue weighted by molar-refractivity contribution is 6.08. The van der Waals surface area contributed by atoms with Crippen molar-refractivity contribution in [1.82, 2.24) is 0 Å². The summed E-state index contributed by atoms with van der Waals surface area (Å²) in [5.41, 5.74) is 2.88. The molecule has 1 atom stereocenters. The van der Waals surface area contributed by atoms with Gasteiger partial charge in [0.25, 0.3) is 5.91 Å². The fourth-order valence-electron chi connectivity index (χ4n) is 3.62. The lowest BCUT2D eigenvalue weighted by atomic mass is 10.0. The highest BCUT2D eigenvalue weighted by Crippen LogP contribution is 2.30. The fraction of sp³-hybridized carbons (Fsp3) is 0.381. The Morgan fingerprint density at radius 1 is 1.12 bits per heavy atom. The van der Waals surface area contributed by atoms with E-state index in [0.29, 0.717) is 17.9 Å². The van der Waals surface area contributed by atoms with Crippen LogP contribution in [0.2, 0.25) is 0 Å². The summed E-state index contributed by atoms with van der Waals surface area (Å²) in [5, 5.41) is 0. The van der Waals surface area contributed by atoms with Crippen LogP contribution in [0.5, 0.6) is 5.75 Å². The van der Waals surface area contributed by atoms with E-state index < -0.39 is 0 Å². The second-order valence-electron chi connectivity index (χ2n) is 6.63. The van der Waals surface area contributed by atoms with Crippen LogP contribution in [0.15, 0.2) is 48.5 Å². The molecule has 0 aliphatic carbocycles. The Kier molecular flexibility index (Phi) is 4.70. The fourth-order valence-corrected chi connectivity index (χ4v) is 3.62.